The summed E-state index contributed by atoms with van der Waals surface area (Å²) < 4.78 is 7.11. The second-order valence-electron chi connectivity index (χ2n) is 7.37. The molecule has 0 spiro atoms. The summed E-state index contributed by atoms with van der Waals surface area (Å²) in [6.07, 6.45) is 5.63. The molecule has 0 saturated heterocycles. The summed E-state index contributed by atoms with van der Waals surface area (Å²) in [5.41, 5.74) is 2.23. The first-order valence-electron chi connectivity index (χ1n) is 9.49. The zero-order valence-electron chi connectivity index (χ0n) is 15.2. The van der Waals surface area contributed by atoms with Gasteiger partial charge in [0.2, 0.25) is 0 Å². The molecule has 0 unspecified atom stereocenters. The smallest absolute Gasteiger partial charge is 0.170 e. The molecule has 3 heterocycles. The van der Waals surface area contributed by atoms with Crippen molar-refractivity contribution in [3.05, 3.63) is 72.2 Å². The van der Waals surface area contributed by atoms with Crippen LogP contribution in [-0.2, 0) is 16.0 Å². The lowest BCUT2D eigenvalue weighted by molar-refractivity contribution is -0.141. The van der Waals surface area contributed by atoms with Gasteiger partial charge in [0.1, 0.15) is 30.2 Å². The van der Waals surface area contributed by atoms with Crippen molar-refractivity contribution >= 4 is 11.6 Å². The third-order valence-electron chi connectivity index (χ3n) is 5.86. The molecule has 1 aliphatic carbocycles. The maximum atomic E-state index is 13.7. The van der Waals surface area contributed by atoms with Crippen molar-refractivity contribution in [1.82, 2.24) is 20.1 Å². The fourth-order valence-corrected chi connectivity index (χ4v) is 4.62. The Labute approximate surface area is 161 Å². The second-order valence-corrected chi connectivity index (χ2v) is 7.37. The van der Waals surface area contributed by atoms with E-state index in [4.69, 9.17) is 4.42 Å². The zero-order valence-corrected chi connectivity index (χ0v) is 15.2. The lowest BCUT2D eigenvalue weighted by atomic mass is 9.70. The highest BCUT2D eigenvalue weighted by Crippen LogP contribution is 2.44. The van der Waals surface area contributed by atoms with Gasteiger partial charge in [-0.15, -0.1) is 0 Å². The van der Waals surface area contributed by atoms with Crippen LogP contribution in [0.4, 0.5) is 0 Å². The Kier molecular flexibility index (Phi) is 4.16. The van der Waals surface area contributed by atoms with Crippen LogP contribution in [0.1, 0.15) is 41.3 Å². The van der Waals surface area contributed by atoms with Gasteiger partial charge in [-0.3, -0.25) is 9.59 Å². The first-order chi connectivity index (χ1) is 13.7. The summed E-state index contributed by atoms with van der Waals surface area (Å²) in [5, 5.41) is 7.62. The number of nitrogens with one attached hydrogen (secondary N) is 1. The summed E-state index contributed by atoms with van der Waals surface area (Å²) in [6.45, 7) is 0.744. The lowest BCUT2D eigenvalue weighted by Gasteiger charge is -2.38. The molecular weight excluding hydrogens is 356 g/mol. The van der Waals surface area contributed by atoms with E-state index in [1.807, 2.05) is 24.3 Å². The van der Waals surface area contributed by atoms with Crippen LogP contribution in [0.15, 0.2) is 59.7 Å². The molecule has 1 N–H and O–H groups in total. The van der Waals surface area contributed by atoms with Crippen LogP contribution in [-0.4, -0.2) is 32.9 Å². The van der Waals surface area contributed by atoms with Crippen LogP contribution < -0.4 is 5.32 Å². The summed E-state index contributed by atoms with van der Waals surface area (Å²) in [6, 6.07) is 10.7. The topological polar surface area (TPSA) is 90.0 Å². The molecular formula is C21H20N4O3. The number of hydrogen-bond acceptors (Lipinski definition) is 6. The number of benzene rings is 1. The largest absolute Gasteiger partial charge is 0.469 e. The number of aromatic nitrogens is 3. The van der Waals surface area contributed by atoms with Crippen LogP contribution in [0.2, 0.25) is 0 Å². The Hall–Kier alpha value is -3.06. The van der Waals surface area contributed by atoms with Gasteiger partial charge in [-0.05, 0) is 36.2 Å². The average molecular weight is 376 g/mol. The van der Waals surface area contributed by atoms with E-state index in [2.05, 4.69) is 21.5 Å². The van der Waals surface area contributed by atoms with Gasteiger partial charge in [0.25, 0.3) is 0 Å². The molecule has 1 fully saturated rings. The highest BCUT2D eigenvalue weighted by molar-refractivity contribution is 6.08. The van der Waals surface area contributed by atoms with E-state index in [1.165, 1.54) is 18.2 Å². The molecule has 4 atom stereocenters. The fraction of sp³-hybridized carbons (Fsp3) is 0.333. The molecule has 7 nitrogen and oxygen atoms in total. The second kappa shape index (κ2) is 6.83. The number of rotatable bonds is 3. The normalized spacial score (nSPS) is 27.6. The summed E-state index contributed by atoms with van der Waals surface area (Å²) >= 11 is 0. The van der Waals surface area contributed by atoms with E-state index >= 15 is 0 Å². The quantitative estimate of drug-likeness (QED) is 0.705. The minimum atomic E-state index is -0.748. The molecule has 1 aliphatic heterocycles. The van der Waals surface area contributed by atoms with Crippen molar-refractivity contribution in [1.29, 1.82) is 0 Å². The van der Waals surface area contributed by atoms with Crippen molar-refractivity contribution in [3.8, 4) is 0 Å². The number of carbonyl (C=O) groups excluding carboxylic acids is 2. The highest BCUT2D eigenvalue weighted by atomic mass is 16.3. The van der Waals surface area contributed by atoms with Gasteiger partial charge in [0.05, 0.1) is 18.1 Å². The van der Waals surface area contributed by atoms with Crippen LogP contribution in [0, 0.1) is 5.92 Å². The minimum absolute atomic E-state index is 0.0584. The predicted molar refractivity (Wildman–Crippen MR) is 99.5 cm³/mol. The number of nitrogens with zero attached hydrogens (tertiary/aromatic N) is 3. The first kappa shape index (κ1) is 17.1. The van der Waals surface area contributed by atoms with Crippen LogP contribution in [0.25, 0.3) is 0 Å². The lowest BCUT2D eigenvalue weighted by Crippen LogP contribution is -2.48. The predicted octanol–water partition coefficient (Wildman–Crippen LogP) is 2.24. The van der Waals surface area contributed by atoms with Gasteiger partial charge < -0.3 is 9.73 Å². The van der Waals surface area contributed by atoms with Gasteiger partial charge in [-0.1, -0.05) is 24.3 Å². The summed E-state index contributed by atoms with van der Waals surface area (Å²) in [5.74, 6) is -0.708. The van der Waals surface area contributed by atoms with Gasteiger partial charge in [0, 0.05) is 12.5 Å². The molecule has 2 aromatic heterocycles. The molecule has 2 aliphatic rings. The Balaban J connectivity index is 1.56. The first-order valence-corrected chi connectivity index (χ1v) is 9.49. The van der Waals surface area contributed by atoms with E-state index in [-0.39, 0.29) is 29.9 Å². The molecule has 7 heteroatoms. The van der Waals surface area contributed by atoms with Gasteiger partial charge in [0.15, 0.2) is 5.78 Å². The number of fused-ring (bicyclic) bond motifs is 1. The van der Waals surface area contributed by atoms with Crippen LogP contribution in [0.5, 0.6) is 0 Å². The van der Waals surface area contributed by atoms with Gasteiger partial charge >= 0.3 is 0 Å². The van der Waals surface area contributed by atoms with Crippen molar-refractivity contribution in [3.63, 3.8) is 0 Å². The third kappa shape index (κ3) is 2.70. The highest BCUT2D eigenvalue weighted by Gasteiger charge is 2.50. The van der Waals surface area contributed by atoms with E-state index in [0.29, 0.717) is 5.76 Å². The molecule has 3 aromatic rings. The van der Waals surface area contributed by atoms with E-state index in [0.717, 1.165) is 18.5 Å². The maximum absolute atomic E-state index is 13.7. The molecule has 0 amide bonds. The third-order valence-corrected chi connectivity index (χ3v) is 5.86. The van der Waals surface area contributed by atoms with Crippen molar-refractivity contribution < 1.29 is 14.0 Å². The number of hydrogen-bond donors (Lipinski definition) is 1. The maximum Gasteiger partial charge on any atom is 0.170 e. The van der Waals surface area contributed by atoms with E-state index in [1.54, 1.807) is 17.0 Å². The molecule has 0 bridgehead atoms. The Morgan fingerprint density at radius 1 is 1.14 bits per heavy atom. The summed E-state index contributed by atoms with van der Waals surface area (Å²) in [4.78, 5) is 30.9. The number of carbonyl (C=O) groups is 2. The van der Waals surface area contributed by atoms with Crippen molar-refractivity contribution in [2.75, 3.05) is 6.54 Å². The molecule has 5 rings (SSSR count). The Morgan fingerprint density at radius 3 is 2.82 bits per heavy atom. The van der Waals surface area contributed by atoms with E-state index in [9.17, 15) is 9.59 Å². The molecule has 0 radical (unpaired) electrons. The van der Waals surface area contributed by atoms with Gasteiger partial charge in [-0.25, -0.2) is 9.67 Å². The number of furan rings is 1. The number of Topliss-reactive ketones (excluding diaryl/α,β-unsaturated/α-hetero) is 2. The molecule has 28 heavy (non-hydrogen) atoms. The van der Waals surface area contributed by atoms with Crippen LogP contribution >= 0.6 is 0 Å². The average Bonchev–Trinajstić information content (AvgIpc) is 3.42. The number of ketones is 2. The monoisotopic (exact) mass is 376 g/mol. The standard InChI is InChI=1S/C21H20N4O3/c26-16-10-15(17-6-3-9-28-17)20(25-12-22-11-24-25)21(27)18(16)19-14-5-2-1-4-13(14)7-8-23-19/h1-6,9,11-12,15,18-20,23H,7-8,10H2/t15-,18+,19+,20+/m1/s1. The fourth-order valence-electron chi connectivity index (χ4n) is 4.62. The Bertz CT molecular complexity index is 997. The SMILES string of the molecule is O=C1C[C@H](c2ccco2)[C@H](n2cncn2)C(=O)[C@@H]1[C@H]1NCCc2ccccc21. The minimum Gasteiger partial charge on any atom is -0.469 e. The van der Waals surface area contributed by atoms with E-state index < -0.39 is 12.0 Å². The summed E-state index contributed by atoms with van der Waals surface area (Å²) in [7, 11) is 0. The molecule has 1 aromatic carbocycles. The Morgan fingerprint density at radius 2 is 2.04 bits per heavy atom. The van der Waals surface area contributed by atoms with Crippen molar-refractivity contribution in [2.45, 2.75) is 30.8 Å². The van der Waals surface area contributed by atoms with Crippen molar-refractivity contribution in [2.24, 2.45) is 5.92 Å². The molecule has 142 valence electrons. The zero-order chi connectivity index (χ0) is 19.1. The molecule has 1 saturated carbocycles. The van der Waals surface area contributed by atoms with Crippen LogP contribution in [0.3, 0.4) is 0 Å². The van der Waals surface area contributed by atoms with Gasteiger partial charge in [-0.2, -0.15) is 5.10 Å².